The van der Waals surface area contributed by atoms with Crippen LogP contribution in [0.15, 0.2) is 0 Å². The maximum atomic E-state index is 11.0. The summed E-state index contributed by atoms with van der Waals surface area (Å²) >= 11 is 0. The van der Waals surface area contributed by atoms with Gasteiger partial charge in [0.25, 0.3) is 0 Å². The van der Waals surface area contributed by atoms with Crippen LogP contribution in [-0.2, 0) is 4.79 Å². The molecule has 0 bridgehead atoms. The number of aliphatic carboxylic acids is 1. The third-order valence-corrected chi connectivity index (χ3v) is 10.2. The largest absolute Gasteiger partial charge is 0.481 e. The first-order valence-corrected chi connectivity index (χ1v) is 11.7. The molecule has 4 aliphatic carbocycles. The van der Waals surface area contributed by atoms with Gasteiger partial charge in [-0.2, -0.15) is 0 Å². The first-order valence-electron chi connectivity index (χ1n) is 11.7. The number of aliphatic hydroxyl groups is 1. The van der Waals surface area contributed by atoms with Crippen molar-refractivity contribution in [3.8, 4) is 0 Å². The Bertz CT molecular complexity index is 574. The number of rotatable bonds is 4. The van der Waals surface area contributed by atoms with Crippen molar-refractivity contribution in [2.45, 2.75) is 97.5 Å². The molecular weight excluding hydrogens is 336 g/mol. The third kappa shape index (κ3) is 3.16. The molecule has 0 spiro atoms. The highest BCUT2D eigenvalue weighted by Crippen LogP contribution is 2.68. The van der Waals surface area contributed by atoms with Gasteiger partial charge in [0.2, 0.25) is 0 Å². The highest BCUT2D eigenvalue weighted by molar-refractivity contribution is 5.66. The molecule has 0 aromatic carbocycles. The molecule has 4 fully saturated rings. The quantitative estimate of drug-likeness (QED) is 0.680. The molecule has 3 heteroatoms. The van der Waals surface area contributed by atoms with Crippen LogP contribution in [-0.4, -0.2) is 22.3 Å². The fourth-order valence-electron chi connectivity index (χ4n) is 8.76. The first-order chi connectivity index (χ1) is 12.8. The number of hydrogen-bond donors (Lipinski definition) is 2. The van der Waals surface area contributed by atoms with Crippen LogP contribution in [0.2, 0.25) is 0 Å². The van der Waals surface area contributed by atoms with Gasteiger partial charge < -0.3 is 10.2 Å². The van der Waals surface area contributed by atoms with Crippen molar-refractivity contribution >= 4 is 5.97 Å². The lowest BCUT2D eigenvalue weighted by atomic mass is 9.44. The van der Waals surface area contributed by atoms with Gasteiger partial charge in [0.1, 0.15) is 0 Å². The van der Waals surface area contributed by atoms with Gasteiger partial charge in [0.15, 0.2) is 0 Å². The van der Waals surface area contributed by atoms with Crippen molar-refractivity contribution in [2.24, 2.45) is 46.3 Å². The van der Waals surface area contributed by atoms with Gasteiger partial charge >= 0.3 is 5.97 Å². The summed E-state index contributed by atoms with van der Waals surface area (Å²) in [6.45, 7) is 7.43. The van der Waals surface area contributed by atoms with Crippen molar-refractivity contribution in [3.05, 3.63) is 0 Å². The smallest absolute Gasteiger partial charge is 0.303 e. The lowest BCUT2D eigenvalue weighted by molar-refractivity contribution is -0.138. The minimum atomic E-state index is -0.643. The number of carbonyl (C=O) groups is 1. The van der Waals surface area contributed by atoms with Crippen molar-refractivity contribution in [1.82, 2.24) is 0 Å². The molecule has 4 aliphatic rings. The normalized spacial score (nSPS) is 50.4. The molecular formula is C24H40O3. The van der Waals surface area contributed by atoms with Crippen molar-refractivity contribution < 1.29 is 15.0 Å². The van der Waals surface area contributed by atoms with Crippen LogP contribution in [0.5, 0.6) is 0 Å². The van der Waals surface area contributed by atoms with E-state index in [1.165, 1.54) is 44.9 Å². The lowest BCUT2D eigenvalue weighted by Gasteiger charge is -2.61. The van der Waals surface area contributed by atoms with Gasteiger partial charge in [-0.25, -0.2) is 0 Å². The molecule has 0 aromatic heterocycles. The Hall–Kier alpha value is -0.570. The Morgan fingerprint density at radius 2 is 1.70 bits per heavy atom. The molecule has 0 amide bonds. The number of aliphatic hydroxyl groups excluding tert-OH is 1. The summed E-state index contributed by atoms with van der Waals surface area (Å²) in [5, 5.41) is 19.3. The van der Waals surface area contributed by atoms with Gasteiger partial charge in [-0.05, 0) is 111 Å². The Morgan fingerprint density at radius 3 is 2.44 bits per heavy atom. The Labute approximate surface area is 165 Å². The SMILES string of the molecule is C[C@H](CCC(=O)O)[C@H]1CCC2C3CC[C@@H]4C[C@H](O)CCC4(C)C3CCC21C. The van der Waals surface area contributed by atoms with Crippen LogP contribution >= 0.6 is 0 Å². The van der Waals surface area contributed by atoms with E-state index < -0.39 is 5.97 Å². The Kier molecular flexibility index (Phi) is 5.15. The fraction of sp³-hybridized carbons (Fsp3) is 0.958. The molecule has 0 aliphatic heterocycles. The number of carboxylic acids is 1. The van der Waals surface area contributed by atoms with Crippen LogP contribution in [0.25, 0.3) is 0 Å². The summed E-state index contributed by atoms with van der Waals surface area (Å²) in [5.74, 6) is 3.91. The molecule has 0 heterocycles. The van der Waals surface area contributed by atoms with E-state index in [2.05, 4.69) is 20.8 Å². The topological polar surface area (TPSA) is 57.5 Å². The predicted octanol–water partition coefficient (Wildman–Crippen LogP) is 5.51. The van der Waals surface area contributed by atoms with Crippen LogP contribution < -0.4 is 0 Å². The van der Waals surface area contributed by atoms with Crippen molar-refractivity contribution in [2.75, 3.05) is 0 Å². The summed E-state index contributed by atoms with van der Waals surface area (Å²) in [4.78, 5) is 11.0. The minimum absolute atomic E-state index is 0.0561. The molecule has 27 heavy (non-hydrogen) atoms. The monoisotopic (exact) mass is 376 g/mol. The van der Waals surface area contributed by atoms with E-state index in [1.807, 2.05) is 0 Å². The lowest BCUT2D eigenvalue weighted by Crippen LogP contribution is -2.54. The zero-order valence-electron chi connectivity index (χ0n) is 17.6. The summed E-state index contributed by atoms with van der Waals surface area (Å²) in [6, 6.07) is 0. The number of fused-ring (bicyclic) bond motifs is 5. The molecule has 9 atom stereocenters. The molecule has 4 saturated carbocycles. The fourth-order valence-corrected chi connectivity index (χ4v) is 8.76. The second-order valence-corrected chi connectivity index (χ2v) is 11.2. The summed E-state index contributed by atoms with van der Waals surface area (Å²) in [5.41, 5.74) is 0.882. The van der Waals surface area contributed by atoms with Crippen LogP contribution in [0, 0.1) is 46.3 Å². The first kappa shape index (κ1) is 19.7. The van der Waals surface area contributed by atoms with Gasteiger partial charge in [-0.15, -0.1) is 0 Å². The molecule has 0 radical (unpaired) electrons. The molecule has 2 N–H and O–H groups in total. The van der Waals surface area contributed by atoms with Gasteiger partial charge in [-0.1, -0.05) is 20.8 Å². The van der Waals surface area contributed by atoms with Gasteiger partial charge in [0.05, 0.1) is 6.10 Å². The predicted molar refractivity (Wildman–Crippen MR) is 107 cm³/mol. The average Bonchev–Trinajstić information content (AvgIpc) is 2.97. The summed E-state index contributed by atoms with van der Waals surface area (Å²) in [7, 11) is 0. The second-order valence-electron chi connectivity index (χ2n) is 11.2. The molecule has 3 nitrogen and oxygen atoms in total. The van der Waals surface area contributed by atoms with E-state index in [4.69, 9.17) is 5.11 Å². The summed E-state index contributed by atoms with van der Waals surface area (Å²) < 4.78 is 0. The van der Waals surface area contributed by atoms with E-state index in [1.54, 1.807) is 0 Å². The van der Waals surface area contributed by atoms with E-state index in [-0.39, 0.29) is 6.10 Å². The highest BCUT2D eigenvalue weighted by Gasteiger charge is 2.60. The van der Waals surface area contributed by atoms with E-state index in [0.717, 1.165) is 42.9 Å². The minimum Gasteiger partial charge on any atom is -0.481 e. The van der Waals surface area contributed by atoms with Gasteiger partial charge in [0, 0.05) is 6.42 Å². The molecule has 154 valence electrons. The third-order valence-electron chi connectivity index (χ3n) is 10.2. The maximum Gasteiger partial charge on any atom is 0.303 e. The van der Waals surface area contributed by atoms with E-state index >= 15 is 0 Å². The van der Waals surface area contributed by atoms with E-state index in [9.17, 15) is 9.90 Å². The molecule has 0 saturated heterocycles. The second kappa shape index (κ2) is 7.04. The Morgan fingerprint density at radius 1 is 1.00 bits per heavy atom. The maximum absolute atomic E-state index is 11.0. The summed E-state index contributed by atoms with van der Waals surface area (Å²) in [6.07, 6.45) is 12.4. The van der Waals surface area contributed by atoms with Crippen LogP contribution in [0.3, 0.4) is 0 Å². The van der Waals surface area contributed by atoms with Crippen molar-refractivity contribution in [3.63, 3.8) is 0 Å². The molecule has 0 aromatic rings. The van der Waals surface area contributed by atoms with Gasteiger partial charge in [-0.3, -0.25) is 4.79 Å². The van der Waals surface area contributed by atoms with Crippen LogP contribution in [0.4, 0.5) is 0 Å². The number of hydrogen-bond acceptors (Lipinski definition) is 2. The van der Waals surface area contributed by atoms with Crippen molar-refractivity contribution in [1.29, 1.82) is 0 Å². The molecule has 5 unspecified atom stereocenters. The van der Waals surface area contributed by atoms with E-state index in [0.29, 0.717) is 29.1 Å². The Balaban J connectivity index is 1.51. The highest BCUT2D eigenvalue weighted by atomic mass is 16.4. The van der Waals surface area contributed by atoms with Crippen LogP contribution in [0.1, 0.15) is 91.4 Å². The number of carboxylic acid groups (broad SMARTS) is 1. The average molecular weight is 377 g/mol. The zero-order valence-corrected chi connectivity index (χ0v) is 17.6. The zero-order chi connectivity index (χ0) is 19.4. The molecule has 4 rings (SSSR count). The standard InChI is InChI=1S/C24H40O3/c1-15(4-9-22(26)27)19-7-8-20-18-6-5-16-14-17(25)10-12-23(16,2)21(18)11-13-24(19,20)3/h15-21,25H,4-14H2,1-3H3,(H,26,27)/t15-,16-,17-,18?,19-,20?,21?,23?,24?/m1/s1.